The van der Waals surface area contributed by atoms with Gasteiger partial charge in [-0.15, -0.1) is 0 Å². The van der Waals surface area contributed by atoms with Crippen LogP contribution in [-0.4, -0.2) is 39.3 Å². The Morgan fingerprint density at radius 2 is 1.63 bits per heavy atom. The second-order valence-electron chi connectivity index (χ2n) is 5.17. The summed E-state index contributed by atoms with van der Waals surface area (Å²) in [6.07, 6.45) is 0. The van der Waals surface area contributed by atoms with Crippen LogP contribution in [0.4, 0.5) is 5.69 Å². The molecule has 0 fully saturated rings. The van der Waals surface area contributed by atoms with E-state index >= 15 is 0 Å². The van der Waals surface area contributed by atoms with Gasteiger partial charge in [0.1, 0.15) is 17.2 Å². The summed E-state index contributed by atoms with van der Waals surface area (Å²) in [5.74, 6) is 0.0540. The van der Waals surface area contributed by atoms with Crippen molar-refractivity contribution >= 4 is 40.8 Å². The quantitative estimate of drug-likeness (QED) is 0.665. The summed E-state index contributed by atoms with van der Waals surface area (Å²) in [6.45, 7) is -0.877. The van der Waals surface area contributed by atoms with Crippen molar-refractivity contribution in [3.8, 4) is 17.2 Å². The van der Waals surface area contributed by atoms with E-state index in [1.807, 2.05) is 0 Å². The third kappa shape index (κ3) is 6.54. The predicted molar refractivity (Wildman–Crippen MR) is 101 cm³/mol. The first-order valence-electron chi connectivity index (χ1n) is 7.67. The Morgan fingerprint density at radius 3 is 2.22 bits per heavy atom. The molecule has 1 amide bonds. The van der Waals surface area contributed by atoms with Crippen molar-refractivity contribution in [2.24, 2.45) is 0 Å². The van der Waals surface area contributed by atoms with E-state index in [1.54, 1.807) is 24.3 Å². The van der Waals surface area contributed by atoms with Crippen LogP contribution in [-0.2, 0) is 14.3 Å². The first-order valence-corrected chi connectivity index (χ1v) is 8.43. The zero-order valence-electron chi connectivity index (χ0n) is 14.6. The monoisotopic (exact) mass is 413 g/mol. The van der Waals surface area contributed by atoms with Crippen molar-refractivity contribution < 1.29 is 28.5 Å². The molecule has 2 rings (SSSR count). The zero-order chi connectivity index (χ0) is 19.8. The SMILES string of the molecule is COc1cc(NC(=O)COC(=O)COc2ccc(Cl)cc2Cl)cc(OC)c1. The molecule has 27 heavy (non-hydrogen) atoms. The Balaban J connectivity index is 1.82. The molecule has 0 aliphatic carbocycles. The average Bonchev–Trinajstić information content (AvgIpc) is 2.65. The summed E-state index contributed by atoms with van der Waals surface area (Å²) in [4.78, 5) is 23.7. The smallest absolute Gasteiger partial charge is 0.344 e. The lowest BCUT2D eigenvalue weighted by molar-refractivity contribution is -0.149. The number of carbonyl (C=O) groups excluding carboxylic acids is 2. The molecule has 0 heterocycles. The van der Waals surface area contributed by atoms with E-state index in [0.29, 0.717) is 22.2 Å². The molecule has 0 spiro atoms. The Hall–Kier alpha value is -2.64. The van der Waals surface area contributed by atoms with Crippen molar-refractivity contribution in [3.05, 3.63) is 46.4 Å². The fraction of sp³-hybridized carbons (Fsp3) is 0.222. The zero-order valence-corrected chi connectivity index (χ0v) is 16.1. The van der Waals surface area contributed by atoms with E-state index < -0.39 is 25.1 Å². The number of anilines is 1. The van der Waals surface area contributed by atoms with Gasteiger partial charge in [0.2, 0.25) is 0 Å². The highest BCUT2D eigenvalue weighted by Crippen LogP contribution is 2.27. The highest BCUT2D eigenvalue weighted by molar-refractivity contribution is 6.35. The molecule has 0 aliphatic heterocycles. The van der Waals surface area contributed by atoms with Crippen LogP contribution in [0.1, 0.15) is 0 Å². The van der Waals surface area contributed by atoms with Gasteiger partial charge in [0.15, 0.2) is 13.2 Å². The van der Waals surface area contributed by atoms with Gasteiger partial charge in [0.25, 0.3) is 5.91 Å². The van der Waals surface area contributed by atoms with Gasteiger partial charge in [-0.25, -0.2) is 4.79 Å². The van der Waals surface area contributed by atoms with Gasteiger partial charge in [-0.05, 0) is 18.2 Å². The maximum atomic E-state index is 11.9. The maximum absolute atomic E-state index is 11.9. The number of halogens is 2. The van der Waals surface area contributed by atoms with Gasteiger partial charge in [0, 0.05) is 28.9 Å². The van der Waals surface area contributed by atoms with E-state index in [-0.39, 0.29) is 10.8 Å². The topological polar surface area (TPSA) is 83.1 Å². The van der Waals surface area contributed by atoms with Crippen molar-refractivity contribution in [1.82, 2.24) is 0 Å². The molecule has 7 nitrogen and oxygen atoms in total. The van der Waals surface area contributed by atoms with Gasteiger partial charge in [0.05, 0.1) is 19.2 Å². The number of esters is 1. The first-order chi connectivity index (χ1) is 12.9. The van der Waals surface area contributed by atoms with Crippen LogP contribution < -0.4 is 19.5 Å². The predicted octanol–water partition coefficient (Wildman–Crippen LogP) is 3.57. The number of nitrogens with one attached hydrogen (secondary N) is 1. The Labute approximate surface area is 166 Å². The van der Waals surface area contributed by atoms with Crippen molar-refractivity contribution in [2.75, 3.05) is 32.8 Å². The first kappa shape index (κ1) is 20.7. The molecule has 0 bridgehead atoms. The Bertz CT molecular complexity index is 805. The largest absolute Gasteiger partial charge is 0.497 e. The van der Waals surface area contributed by atoms with E-state index in [9.17, 15) is 9.59 Å². The molecule has 0 saturated carbocycles. The van der Waals surface area contributed by atoms with Gasteiger partial charge in [-0.1, -0.05) is 23.2 Å². The summed E-state index contributed by atoms with van der Waals surface area (Å²) < 4.78 is 20.3. The van der Waals surface area contributed by atoms with Crippen LogP contribution in [0.25, 0.3) is 0 Å². The fourth-order valence-corrected chi connectivity index (χ4v) is 2.46. The molecule has 9 heteroatoms. The van der Waals surface area contributed by atoms with Crippen molar-refractivity contribution in [1.29, 1.82) is 0 Å². The number of methoxy groups -OCH3 is 2. The van der Waals surface area contributed by atoms with Crippen LogP contribution in [0.5, 0.6) is 17.2 Å². The molecule has 0 aromatic heterocycles. The molecular formula is C18H17Cl2NO6. The molecule has 0 atom stereocenters. The highest BCUT2D eigenvalue weighted by atomic mass is 35.5. The molecule has 0 saturated heterocycles. The number of hydrogen-bond acceptors (Lipinski definition) is 6. The van der Waals surface area contributed by atoms with E-state index in [0.717, 1.165) is 0 Å². The number of amides is 1. The van der Waals surface area contributed by atoms with Crippen LogP contribution in [0.2, 0.25) is 10.0 Å². The number of benzene rings is 2. The normalized spacial score (nSPS) is 10.1. The lowest BCUT2D eigenvalue weighted by Crippen LogP contribution is -2.23. The molecule has 0 unspecified atom stereocenters. The van der Waals surface area contributed by atoms with Gasteiger partial charge in [-0.3, -0.25) is 4.79 Å². The van der Waals surface area contributed by atoms with E-state index in [4.69, 9.17) is 42.1 Å². The minimum atomic E-state index is -0.723. The summed E-state index contributed by atoms with van der Waals surface area (Å²) >= 11 is 11.7. The molecule has 1 N–H and O–H groups in total. The highest BCUT2D eigenvalue weighted by Gasteiger charge is 2.11. The minimum Gasteiger partial charge on any atom is -0.497 e. The standard InChI is InChI=1S/C18H17Cl2NO6/c1-24-13-6-12(7-14(8-13)25-2)21-17(22)9-27-18(23)10-26-16-4-3-11(19)5-15(16)20/h3-8H,9-10H2,1-2H3,(H,21,22). The molecular weight excluding hydrogens is 397 g/mol. The number of rotatable bonds is 8. The molecule has 0 aliphatic rings. The summed E-state index contributed by atoms with van der Waals surface area (Å²) in [7, 11) is 2.99. The van der Waals surface area contributed by atoms with Gasteiger partial charge < -0.3 is 24.3 Å². The van der Waals surface area contributed by atoms with Crippen LogP contribution in [0.15, 0.2) is 36.4 Å². The maximum Gasteiger partial charge on any atom is 0.344 e. The van der Waals surface area contributed by atoms with Crippen LogP contribution in [0, 0.1) is 0 Å². The third-order valence-electron chi connectivity index (χ3n) is 3.24. The van der Waals surface area contributed by atoms with Gasteiger partial charge >= 0.3 is 5.97 Å². The third-order valence-corrected chi connectivity index (χ3v) is 3.77. The van der Waals surface area contributed by atoms with E-state index in [2.05, 4.69) is 5.32 Å². The second-order valence-corrected chi connectivity index (χ2v) is 6.02. The van der Waals surface area contributed by atoms with Crippen LogP contribution in [0.3, 0.4) is 0 Å². The Morgan fingerprint density at radius 1 is 0.963 bits per heavy atom. The minimum absolute atomic E-state index is 0.264. The van der Waals surface area contributed by atoms with Gasteiger partial charge in [-0.2, -0.15) is 0 Å². The molecule has 2 aromatic rings. The average molecular weight is 414 g/mol. The molecule has 0 radical (unpaired) electrons. The summed E-state index contributed by atoms with van der Waals surface area (Å²) in [6, 6.07) is 9.46. The number of carbonyl (C=O) groups is 2. The number of ether oxygens (including phenoxy) is 4. The second kappa shape index (κ2) is 9.89. The Kier molecular flexibility index (Phi) is 7.57. The molecule has 144 valence electrons. The van der Waals surface area contributed by atoms with E-state index in [1.165, 1.54) is 26.4 Å². The van der Waals surface area contributed by atoms with Crippen molar-refractivity contribution in [2.45, 2.75) is 0 Å². The lowest BCUT2D eigenvalue weighted by Gasteiger charge is -2.11. The number of hydrogen-bond donors (Lipinski definition) is 1. The lowest BCUT2D eigenvalue weighted by atomic mass is 10.2. The van der Waals surface area contributed by atoms with Crippen molar-refractivity contribution in [3.63, 3.8) is 0 Å². The van der Waals surface area contributed by atoms with Crippen LogP contribution >= 0.6 is 23.2 Å². The summed E-state index contributed by atoms with van der Waals surface area (Å²) in [5, 5.41) is 3.29. The summed E-state index contributed by atoms with van der Waals surface area (Å²) in [5.41, 5.74) is 0.441. The molecule has 2 aromatic carbocycles. The fourth-order valence-electron chi connectivity index (χ4n) is 1.99.